The normalized spacial score (nSPS) is 12.3. The van der Waals surface area contributed by atoms with Gasteiger partial charge < -0.3 is 5.32 Å². The number of unbranched alkanes of at least 4 members (excludes halogenated alkanes) is 4. The number of aromatic nitrogens is 2. The van der Waals surface area contributed by atoms with Gasteiger partial charge in [0.1, 0.15) is 0 Å². The smallest absolute Gasteiger partial charge is 0.369 e. The van der Waals surface area contributed by atoms with Gasteiger partial charge in [0.15, 0.2) is 5.69 Å². The summed E-state index contributed by atoms with van der Waals surface area (Å²) in [6, 6.07) is 5.88. The van der Waals surface area contributed by atoms with Gasteiger partial charge in [0.05, 0.1) is 12.7 Å². The van der Waals surface area contributed by atoms with Crippen LogP contribution in [-0.2, 0) is 11.5 Å². The van der Waals surface area contributed by atoms with Gasteiger partial charge in [-0.3, -0.25) is 9.58 Å². The SMILES string of the molecule is C=CCN(CC)C(C)Nc1c(C)cc(/C=C/CCCCCC)cc1Cn1nc(C(=O)OF)cc1C. The Balaban J connectivity index is 2.37. The van der Waals surface area contributed by atoms with Crippen LogP contribution in [0.3, 0.4) is 0 Å². The molecule has 1 aromatic heterocycles. The summed E-state index contributed by atoms with van der Waals surface area (Å²) in [6.07, 6.45) is 12.4. The Morgan fingerprint density at radius 3 is 2.69 bits per heavy atom. The van der Waals surface area contributed by atoms with E-state index >= 15 is 0 Å². The summed E-state index contributed by atoms with van der Waals surface area (Å²) in [5.74, 6) is -1.09. The third-order valence-electron chi connectivity index (χ3n) is 6.23. The first-order valence-electron chi connectivity index (χ1n) is 12.6. The number of hydrogen-bond donors (Lipinski definition) is 1. The number of benzene rings is 1. The van der Waals surface area contributed by atoms with Crippen molar-refractivity contribution in [2.24, 2.45) is 0 Å². The highest BCUT2D eigenvalue weighted by molar-refractivity contribution is 5.86. The van der Waals surface area contributed by atoms with Gasteiger partial charge in [-0.25, -0.2) is 9.74 Å². The number of nitrogens with one attached hydrogen (secondary N) is 1. The summed E-state index contributed by atoms with van der Waals surface area (Å²) in [7, 11) is 0. The summed E-state index contributed by atoms with van der Waals surface area (Å²) in [5, 5.41) is 7.95. The lowest BCUT2D eigenvalue weighted by atomic mass is 10.0. The van der Waals surface area contributed by atoms with E-state index in [-0.39, 0.29) is 11.9 Å². The molecule has 1 N–H and O–H groups in total. The Hall–Kier alpha value is -2.93. The molecule has 0 spiro atoms. The van der Waals surface area contributed by atoms with Gasteiger partial charge in [-0.1, -0.05) is 51.3 Å². The van der Waals surface area contributed by atoms with E-state index in [1.165, 1.54) is 31.7 Å². The first-order chi connectivity index (χ1) is 16.8. The van der Waals surface area contributed by atoms with Crippen LogP contribution in [0.25, 0.3) is 6.08 Å². The summed E-state index contributed by atoms with van der Waals surface area (Å²) in [4.78, 5) is 17.3. The van der Waals surface area contributed by atoms with E-state index in [2.05, 4.69) is 78.8 Å². The Labute approximate surface area is 209 Å². The number of halogens is 1. The van der Waals surface area contributed by atoms with Gasteiger partial charge in [-0.15, -0.1) is 6.58 Å². The lowest BCUT2D eigenvalue weighted by molar-refractivity contribution is -0.0793. The van der Waals surface area contributed by atoms with Crippen LogP contribution < -0.4 is 5.32 Å². The van der Waals surface area contributed by atoms with E-state index in [4.69, 9.17) is 0 Å². The summed E-state index contributed by atoms with van der Waals surface area (Å²) < 4.78 is 14.1. The minimum Gasteiger partial charge on any atom is -0.369 e. The molecule has 0 amide bonds. The molecule has 35 heavy (non-hydrogen) atoms. The maximum absolute atomic E-state index is 12.4. The van der Waals surface area contributed by atoms with E-state index in [1.807, 2.05) is 13.0 Å². The summed E-state index contributed by atoms with van der Waals surface area (Å²) in [6.45, 7) is 16.4. The molecule has 0 bridgehead atoms. The number of carbonyl (C=O) groups is 1. The van der Waals surface area contributed by atoms with Crippen molar-refractivity contribution in [2.45, 2.75) is 79.4 Å². The van der Waals surface area contributed by atoms with Crippen molar-refractivity contribution in [1.29, 1.82) is 0 Å². The molecule has 0 saturated carbocycles. The molecular formula is C28H41FN4O2. The fraction of sp³-hybridized carbons (Fsp3) is 0.500. The van der Waals surface area contributed by atoms with E-state index in [9.17, 15) is 9.32 Å². The van der Waals surface area contributed by atoms with E-state index in [0.29, 0.717) is 6.54 Å². The lowest BCUT2D eigenvalue weighted by Gasteiger charge is -2.30. The van der Waals surface area contributed by atoms with Crippen LogP contribution in [0, 0.1) is 13.8 Å². The Kier molecular flexibility index (Phi) is 11.7. The minimum atomic E-state index is -1.09. The average Bonchev–Trinajstić information content (AvgIpc) is 3.21. The van der Waals surface area contributed by atoms with E-state index < -0.39 is 5.97 Å². The molecular weight excluding hydrogens is 443 g/mol. The predicted octanol–water partition coefficient (Wildman–Crippen LogP) is 6.84. The quantitative estimate of drug-likeness (QED) is 0.170. The van der Waals surface area contributed by atoms with Crippen molar-refractivity contribution in [3.8, 4) is 0 Å². The largest absolute Gasteiger partial charge is 0.399 e. The highest BCUT2D eigenvalue weighted by Crippen LogP contribution is 2.27. The van der Waals surface area contributed by atoms with E-state index in [1.54, 1.807) is 4.68 Å². The molecule has 2 aromatic rings. The molecule has 1 atom stereocenters. The number of allylic oxidation sites excluding steroid dienone is 1. The maximum Gasteiger partial charge on any atom is 0.399 e. The highest BCUT2D eigenvalue weighted by Gasteiger charge is 2.18. The molecule has 7 heteroatoms. The molecule has 1 aromatic carbocycles. The number of carbonyl (C=O) groups excluding carboxylic acids is 1. The zero-order valence-corrected chi connectivity index (χ0v) is 21.9. The van der Waals surface area contributed by atoms with Gasteiger partial charge in [-0.05, 0) is 75.0 Å². The topological polar surface area (TPSA) is 59.4 Å². The maximum atomic E-state index is 12.4. The molecule has 0 aliphatic rings. The zero-order valence-electron chi connectivity index (χ0n) is 21.9. The zero-order chi connectivity index (χ0) is 25.8. The van der Waals surface area contributed by atoms with Crippen LogP contribution in [0.1, 0.15) is 85.7 Å². The van der Waals surface area contributed by atoms with Crippen LogP contribution in [0.4, 0.5) is 10.2 Å². The van der Waals surface area contributed by atoms with Crippen LogP contribution in [0.15, 0.2) is 36.9 Å². The van der Waals surface area contributed by atoms with E-state index in [0.717, 1.165) is 47.6 Å². The highest BCUT2D eigenvalue weighted by atomic mass is 19.3. The van der Waals surface area contributed by atoms with Crippen molar-refractivity contribution < 1.29 is 14.3 Å². The van der Waals surface area contributed by atoms with Crippen LogP contribution in [0.2, 0.25) is 0 Å². The van der Waals surface area contributed by atoms with Gasteiger partial charge in [-0.2, -0.15) is 5.10 Å². The fourth-order valence-corrected chi connectivity index (χ4v) is 4.22. The minimum absolute atomic E-state index is 0.0455. The van der Waals surface area contributed by atoms with Gasteiger partial charge in [0, 0.05) is 22.5 Å². The van der Waals surface area contributed by atoms with Crippen LogP contribution >= 0.6 is 0 Å². The summed E-state index contributed by atoms with van der Waals surface area (Å²) >= 11 is 0. The first-order valence-corrected chi connectivity index (χ1v) is 12.6. The standard InChI is InChI=1S/C28H41FN4O2/c1-7-10-11-12-13-14-15-24-17-21(4)27(30-23(6)32(9-3)16-8-2)25(19-24)20-33-22(5)18-26(31-33)28(34)35-29/h8,14-15,17-19,23,30H,2,7,9-13,16,20H2,1,3-6H3/b15-14+. The first kappa shape index (κ1) is 28.3. The molecule has 0 saturated heterocycles. The monoisotopic (exact) mass is 484 g/mol. The molecule has 1 heterocycles. The van der Waals surface area contributed by atoms with Gasteiger partial charge >= 0.3 is 5.97 Å². The summed E-state index contributed by atoms with van der Waals surface area (Å²) in [5.41, 5.74) is 5.03. The number of anilines is 1. The third kappa shape index (κ3) is 8.35. The molecule has 2 rings (SSSR count). The molecule has 0 fully saturated rings. The number of aryl methyl sites for hydroxylation is 2. The Morgan fingerprint density at radius 2 is 2.03 bits per heavy atom. The number of rotatable bonds is 15. The molecule has 1 unspecified atom stereocenters. The van der Waals surface area contributed by atoms with Gasteiger partial charge in [0.25, 0.3) is 0 Å². The molecule has 0 aliphatic carbocycles. The molecule has 0 aliphatic heterocycles. The van der Waals surface area contributed by atoms with Crippen molar-refractivity contribution >= 4 is 17.7 Å². The average molecular weight is 485 g/mol. The molecule has 192 valence electrons. The molecule has 0 radical (unpaired) electrons. The second-order valence-electron chi connectivity index (χ2n) is 9.01. The predicted molar refractivity (Wildman–Crippen MR) is 142 cm³/mol. The Bertz CT molecular complexity index is 999. The molecule has 6 nitrogen and oxygen atoms in total. The fourth-order valence-electron chi connectivity index (χ4n) is 4.22. The Morgan fingerprint density at radius 1 is 1.26 bits per heavy atom. The lowest BCUT2D eigenvalue weighted by Crippen LogP contribution is -2.39. The second kappa shape index (κ2) is 14.5. The third-order valence-corrected chi connectivity index (χ3v) is 6.23. The van der Waals surface area contributed by atoms with Crippen LogP contribution in [0.5, 0.6) is 0 Å². The van der Waals surface area contributed by atoms with Gasteiger partial charge in [0.2, 0.25) is 0 Å². The van der Waals surface area contributed by atoms with Crippen molar-refractivity contribution in [3.05, 3.63) is 65.0 Å². The number of likely N-dealkylation sites (N-methyl/N-ethyl adjacent to an activating group) is 1. The second-order valence-corrected chi connectivity index (χ2v) is 9.01. The van der Waals surface area contributed by atoms with Crippen LogP contribution in [-0.4, -0.2) is 39.9 Å². The number of hydrogen-bond acceptors (Lipinski definition) is 5. The van der Waals surface area contributed by atoms with Crippen molar-refractivity contribution in [2.75, 3.05) is 18.4 Å². The number of nitrogens with zero attached hydrogens (tertiary/aromatic N) is 3. The van der Waals surface area contributed by atoms with Crippen molar-refractivity contribution in [1.82, 2.24) is 14.7 Å². The van der Waals surface area contributed by atoms with Crippen molar-refractivity contribution in [3.63, 3.8) is 0 Å².